The zero-order chi connectivity index (χ0) is 21.3. The largest absolute Gasteiger partial charge is 0.403 e. The molecule has 8 nitrogen and oxygen atoms in total. The number of aromatic nitrogens is 2. The lowest BCUT2D eigenvalue weighted by Gasteiger charge is -2.30. The predicted octanol–water partition coefficient (Wildman–Crippen LogP) is 4.14. The van der Waals surface area contributed by atoms with Crippen LogP contribution >= 0.6 is 34.5 Å². The normalized spacial score (nSPS) is 17.7. The number of nitrogens with zero attached hydrogens (tertiary/aromatic N) is 3. The maximum atomic E-state index is 12.7. The number of sulfonamides is 1. The van der Waals surface area contributed by atoms with Crippen molar-refractivity contribution >= 4 is 56.5 Å². The van der Waals surface area contributed by atoms with Crippen LogP contribution in [-0.4, -0.2) is 41.9 Å². The SMILES string of the molecule is O=C(Nc1nnc(-c2cc(Cl)ccc2Cl)o1)C1CCCN(S(=O)(=O)c2cccs2)C1. The van der Waals surface area contributed by atoms with Gasteiger partial charge in [-0.1, -0.05) is 34.4 Å². The molecule has 3 heterocycles. The lowest BCUT2D eigenvalue weighted by molar-refractivity contribution is -0.121. The number of carbonyl (C=O) groups is 1. The topological polar surface area (TPSA) is 105 Å². The van der Waals surface area contributed by atoms with E-state index in [1.807, 2.05) is 0 Å². The van der Waals surface area contributed by atoms with Crippen LogP contribution < -0.4 is 5.32 Å². The molecule has 0 radical (unpaired) electrons. The summed E-state index contributed by atoms with van der Waals surface area (Å²) in [5.74, 6) is -0.796. The van der Waals surface area contributed by atoms with Gasteiger partial charge in [0.25, 0.3) is 15.9 Å². The Kier molecular flexibility index (Phi) is 6.12. The Morgan fingerprint density at radius 1 is 1.27 bits per heavy atom. The minimum absolute atomic E-state index is 0.0905. The number of thiophene rings is 1. The van der Waals surface area contributed by atoms with E-state index in [9.17, 15) is 13.2 Å². The van der Waals surface area contributed by atoms with Gasteiger partial charge in [-0.05, 0) is 42.5 Å². The number of rotatable bonds is 5. The Bertz CT molecular complexity index is 1160. The Hall–Kier alpha value is -1.98. The fourth-order valence-corrected chi connectivity index (χ4v) is 6.20. The first kappa shape index (κ1) is 21.3. The fraction of sp³-hybridized carbons (Fsp3) is 0.278. The van der Waals surface area contributed by atoms with E-state index in [-0.39, 0.29) is 28.6 Å². The van der Waals surface area contributed by atoms with E-state index < -0.39 is 15.9 Å². The van der Waals surface area contributed by atoms with Crippen molar-refractivity contribution in [3.8, 4) is 11.5 Å². The van der Waals surface area contributed by atoms with Crippen molar-refractivity contribution in [2.75, 3.05) is 18.4 Å². The van der Waals surface area contributed by atoms with Gasteiger partial charge in [-0.3, -0.25) is 10.1 Å². The van der Waals surface area contributed by atoms with Crippen molar-refractivity contribution in [2.24, 2.45) is 5.92 Å². The Morgan fingerprint density at radius 2 is 2.10 bits per heavy atom. The standard InChI is InChI=1S/C18H16Cl2N4O4S2/c19-12-5-6-14(20)13(9-12)17-22-23-18(28-17)21-16(25)11-3-1-7-24(10-11)30(26,27)15-4-2-8-29-15/h2,4-6,8-9,11H,1,3,7,10H2,(H,21,23,25). The number of hydrogen-bond acceptors (Lipinski definition) is 7. The predicted molar refractivity (Wildman–Crippen MR) is 114 cm³/mol. The Morgan fingerprint density at radius 3 is 2.87 bits per heavy atom. The van der Waals surface area contributed by atoms with Gasteiger partial charge >= 0.3 is 6.01 Å². The summed E-state index contributed by atoms with van der Waals surface area (Å²) in [4.78, 5) is 12.7. The van der Waals surface area contributed by atoms with Crippen molar-refractivity contribution in [2.45, 2.75) is 17.1 Å². The van der Waals surface area contributed by atoms with Gasteiger partial charge in [0.15, 0.2) is 0 Å². The summed E-state index contributed by atoms with van der Waals surface area (Å²) in [5, 5.41) is 12.8. The number of carbonyl (C=O) groups excluding carboxylic acids is 1. The van der Waals surface area contributed by atoms with E-state index in [0.29, 0.717) is 35.0 Å². The number of halogens is 2. The second-order valence-electron chi connectivity index (χ2n) is 6.66. The number of hydrogen-bond donors (Lipinski definition) is 1. The van der Waals surface area contributed by atoms with Crippen LogP contribution in [-0.2, 0) is 14.8 Å². The lowest BCUT2D eigenvalue weighted by atomic mass is 9.99. The first-order chi connectivity index (χ1) is 14.3. The number of piperidine rings is 1. The van der Waals surface area contributed by atoms with Crippen LogP contribution in [0.5, 0.6) is 0 Å². The molecule has 1 fully saturated rings. The van der Waals surface area contributed by atoms with E-state index in [1.54, 1.807) is 35.7 Å². The summed E-state index contributed by atoms with van der Waals surface area (Å²) in [6.45, 7) is 0.467. The third-order valence-electron chi connectivity index (χ3n) is 4.66. The second kappa shape index (κ2) is 8.64. The molecule has 1 atom stereocenters. The highest BCUT2D eigenvalue weighted by Gasteiger charge is 2.34. The van der Waals surface area contributed by atoms with Crippen LogP contribution in [0.4, 0.5) is 6.01 Å². The Balaban J connectivity index is 1.45. The smallest absolute Gasteiger partial charge is 0.322 e. The molecule has 12 heteroatoms. The summed E-state index contributed by atoms with van der Waals surface area (Å²) in [6.07, 6.45) is 1.14. The minimum atomic E-state index is -3.61. The van der Waals surface area contributed by atoms with Crippen LogP contribution in [0.2, 0.25) is 10.0 Å². The average molecular weight is 487 g/mol. The molecule has 0 spiro atoms. The summed E-state index contributed by atoms with van der Waals surface area (Å²) < 4.78 is 32.6. The van der Waals surface area contributed by atoms with Crippen LogP contribution in [0.3, 0.4) is 0 Å². The molecule has 1 amide bonds. The van der Waals surface area contributed by atoms with Crippen LogP contribution in [0, 0.1) is 5.92 Å². The number of benzene rings is 1. The lowest BCUT2D eigenvalue weighted by Crippen LogP contribution is -2.43. The zero-order valence-corrected chi connectivity index (χ0v) is 18.6. The quantitative estimate of drug-likeness (QED) is 0.580. The molecule has 0 aliphatic carbocycles. The van der Waals surface area contributed by atoms with Gasteiger partial charge < -0.3 is 4.42 Å². The molecule has 1 unspecified atom stereocenters. The van der Waals surface area contributed by atoms with E-state index in [4.69, 9.17) is 27.6 Å². The molecule has 1 aliphatic rings. The molecule has 1 aromatic carbocycles. The van der Waals surface area contributed by atoms with Crippen molar-refractivity contribution in [3.63, 3.8) is 0 Å². The molecule has 4 rings (SSSR count). The number of amides is 1. The van der Waals surface area contributed by atoms with Crippen LogP contribution in [0.1, 0.15) is 12.8 Å². The van der Waals surface area contributed by atoms with E-state index in [1.165, 1.54) is 4.31 Å². The Labute approximate surface area is 186 Å². The first-order valence-corrected chi connectivity index (χ1v) is 12.1. The molecule has 0 saturated carbocycles. The van der Waals surface area contributed by atoms with Gasteiger partial charge in [0.2, 0.25) is 5.91 Å². The highest BCUT2D eigenvalue weighted by Crippen LogP contribution is 2.31. The van der Waals surface area contributed by atoms with E-state index in [2.05, 4.69) is 15.5 Å². The molecule has 1 N–H and O–H groups in total. The summed E-state index contributed by atoms with van der Waals surface area (Å²) in [6, 6.07) is 7.97. The molecule has 30 heavy (non-hydrogen) atoms. The molecular formula is C18H16Cl2N4O4S2. The molecule has 2 aromatic heterocycles. The van der Waals surface area contributed by atoms with Crippen LogP contribution in [0.25, 0.3) is 11.5 Å². The fourth-order valence-electron chi connectivity index (χ4n) is 3.16. The van der Waals surface area contributed by atoms with Gasteiger partial charge in [-0.15, -0.1) is 16.4 Å². The number of anilines is 1. The molecule has 0 bridgehead atoms. The second-order valence-corrected chi connectivity index (χ2v) is 10.6. The molecule has 158 valence electrons. The van der Waals surface area contributed by atoms with Crippen molar-refractivity contribution in [1.82, 2.24) is 14.5 Å². The van der Waals surface area contributed by atoms with E-state index in [0.717, 1.165) is 11.3 Å². The number of nitrogens with one attached hydrogen (secondary N) is 1. The highest BCUT2D eigenvalue weighted by atomic mass is 35.5. The zero-order valence-electron chi connectivity index (χ0n) is 15.4. The first-order valence-electron chi connectivity index (χ1n) is 8.98. The van der Waals surface area contributed by atoms with Gasteiger partial charge in [0, 0.05) is 18.1 Å². The highest BCUT2D eigenvalue weighted by molar-refractivity contribution is 7.91. The van der Waals surface area contributed by atoms with Crippen molar-refractivity contribution < 1.29 is 17.6 Å². The van der Waals surface area contributed by atoms with Crippen LogP contribution in [0.15, 0.2) is 44.3 Å². The van der Waals surface area contributed by atoms with Gasteiger partial charge in [0.1, 0.15) is 4.21 Å². The van der Waals surface area contributed by atoms with Crippen molar-refractivity contribution in [1.29, 1.82) is 0 Å². The summed E-state index contributed by atoms with van der Waals surface area (Å²) in [7, 11) is -3.61. The van der Waals surface area contributed by atoms with E-state index >= 15 is 0 Å². The minimum Gasteiger partial charge on any atom is -0.403 e. The third kappa shape index (κ3) is 4.37. The molecule has 1 saturated heterocycles. The maximum absolute atomic E-state index is 12.7. The molecular weight excluding hydrogens is 471 g/mol. The van der Waals surface area contributed by atoms with Crippen molar-refractivity contribution in [3.05, 3.63) is 45.8 Å². The molecule has 1 aliphatic heterocycles. The van der Waals surface area contributed by atoms with Gasteiger partial charge in [0.05, 0.1) is 16.5 Å². The average Bonchev–Trinajstić information content (AvgIpc) is 3.42. The third-order valence-corrected chi connectivity index (χ3v) is 8.46. The maximum Gasteiger partial charge on any atom is 0.322 e. The van der Waals surface area contributed by atoms with Gasteiger partial charge in [-0.25, -0.2) is 8.42 Å². The van der Waals surface area contributed by atoms with Gasteiger partial charge in [-0.2, -0.15) is 4.31 Å². The monoisotopic (exact) mass is 486 g/mol. The molecule has 3 aromatic rings. The summed E-state index contributed by atoms with van der Waals surface area (Å²) in [5.41, 5.74) is 0.447. The summed E-state index contributed by atoms with van der Waals surface area (Å²) >= 11 is 13.3.